The van der Waals surface area contributed by atoms with Crippen molar-refractivity contribution in [2.75, 3.05) is 13.1 Å². The summed E-state index contributed by atoms with van der Waals surface area (Å²) in [5.74, 6) is -1.30. The molecular formula is C16H18F2N4O. The third kappa shape index (κ3) is 3.72. The molecule has 0 bridgehead atoms. The second-order valence-corrected chi connectivity index (χ2v) is 5.84. The van der Waals surface area contributed by atoms with E-state index >= 15 is 0 Å². The summed E-state index contributed by atoms with van der Waals surface area (Å²) in [4.78, 5) is 18.0. The van der Waals surface area contributed by atoms with Gasteiger partial charge in [0.25, 0.3) is 0 Å². The average molecular weight is 320 g/mol. The molecule has 7 heteroatoms. The van der Waals surface area contributed by atoms with Crippen LogP contribution in [0.15, 0.2) is 30.9 Å². The summed E-state index contributed by atoms with van der Waals surface area (Å²) in [6.07, 6.45) is 4.76. The minimum Gasteiger partial charge on any atom is -0.342 e. The van der Waals surface area contributed by atoms with Gasteiger partial charge in [0.2, 0.25) is 5.91 Å². The Morgan fingerprint density at radius 1 is 1.30 bits per heavy atom. The van der Waals surface area contributed by atoms with Gasteiger partial charge in [-0.2, -0.15) is 5.10 Å². The number of carbonyl (C=O) groups is 1. The van der Waals surface area contributed by atoms with Crippen molar-refractivity contribution in [1.82, 2.24) is 19.7 Å². The Kier molecular flexibility index (Phi) is 4.64. The molecular weight excluding hydrogens is 302 g/mol. The maximum Gasteiger partial charge on any atom is 0.227 e. The molecule has 1 unspecified atom stereocenters. The largest absolute Gasteiger partial charge is 0.342 e. The Bertz CT molecular complexity index is 654. The fourth-order valence-electron chi connectivity index (χ4n) is 3.00. The van der Waals surface area contributed by atoms with Gasteiger partial charge in [0.05, 0.1) is 6.42 Å². The standard InChI is InChI=1S/C16H18F2N4O/c17-14-4-1-5-15(18)13(14)7-16(23)21-6-2-3-12(8-21)9-22-11-19-10-20-22/h1,4-5,10-12H,2-3,6-9H2. The van der Waals surface area contributed by atoms with Crippen molar-refractivity contribution < 1.29 is 13.6 Å². The Labute approximate surface area is 132 Å². The third-order valence-corrected chi connectivity index (χ3v) is 4.17. The highest BCUT2D eigenvalue weighted by Crippen LogP contribution is 2.20. The highest BCUT2D eigenvalue weighted by Gasteiger charge is 2.25. The molecule has 5 nitrogen and oxygen atoms in total. The number of amides is 1. The van der Waals surface area contributed by atoms with E-state index in [1.165, 1.54) is 24.5 Å². The van der Waals surface area contributed by atoms with Crippen LogP contribution in [0.5, 0.6) is 0 Å². The molecule has 2 aromatic rings. The highest BCUT2D eigenvalue weighted by atomic mass is 19.1. The molecule has 0 N–H and O–H groups in total. The summed E-state index contributed by atoms with van der Waals surface area (Å²) in [5.41, 5.74) is -0.157. The van der Waals surface area contributed by atoms with E-state index in [1.807, 2.05) is 0 Å². The Hall–Kier alpha value is -2.31. The van der Waals surface area contributed by atoms with Crippen molar-refractivity contribution in [2.45, 2.75) is 25.8 Å². The fraction of sp³-hybridized carbons (Fsp3) is 0.438. The molecule has 1 aromatic carbocycles. The number of halogens is 2. The summed E-state index contributed by atoms with van der Waals surface area (Å²) in [6, 6.07) is 3.65. The number of hydrogen-bond donors (Lipinski definition) is 0. The van der Waals surface area contributed by atoms with E-state index in [4.69, 9.17) is 0 Å². The van der Waals surface area contributed by atoms with Crippen LogP contribution in [-0.2, 0) is 17.8 Å². The lowest BCUT2D eigenvalue weighted by Gasteiger charge is -2.32. The lowest BCUT2D eigenvalue weighted by Crippen LogP contribution is -2.42. The minimum atomic E-state index is -0.672. The Morgan fingerprint density at radius 3 is 2.78 bits per heavy atom. The van der Waals surface area contributed by atoms with E-state index < -0.39 is 11.6 Å². The van der Waals surface area contributed by atoms with Crippen LogP contribution in [-0.4, -0.2) is 38.7 Å². The number of benzene rings is 1. The molecule has 0 saturated carbocycles. The third-order valence-electron chi connectivity index (χ3n) is 4.17. The van der Waals surface area contributed by atoms with Gasteiger partial charge < -0.3 is 4.90 Å². The van der Waals surface area contributed by atoms with Gasteiger partial charge in [0.1, 0.15) is 24.3 Å². The first-order valence-corrected chi connectivity index (χ1v) is 7.66. The topological polar surface area (TPSA) is 51.0 Å². The molecule has 1 atom stereocenters. The fourth-order valence-corrected chi connectivity index (χ4v) is 3.00. The molecule has 1 aliphatic rings. The van der Waals surface area contributed by atoms with Crippen LogP contribution >= 0.6 is 0 Å². The van der Waals surface area contributed by atoms with Gasteiger partial charge in [-0.1, -0.05) is 6.07 Å². The first-order valence-electron chi connectivity index (χ1n) is 7.66. The number of rotatable bonds is 4. The van der Waals surface area contributed by atoms with Crippen LogP contribution < -0.4 is 0 Å². The van der Waals surface area contributed by atoms with E-state index in [9.17, 15) is 13.6 Å². The average Bonchev–Trinajstić information content (AvgIpc) is 3.04. The zero-order valence-electron chi connectivity index (χ0n) is 12.7. The first-order chi connectivity index (χ1) is 11.1. The molecule has 0 radical (unpaired) electrons. The van der Waals surface area contributed by atoms with Crippen LogP contribution in [0.4, 0.5) is 8.78 Å². The van der Waals surface area contributed by atoms with Gasteiger partial charge in [-0.25, -0.2) is 13.8 Å². The molecule has 23 heavy (non-hydrogen) atoms. The predicted octanol–water partition coefficient (Wildman–Crippen LogP) is 2.04. The van der Waals surface area contributed by atoms with Gasteiger partial charge in [-0.3, -0.25) is 9.48 Å². The van der Waals surface area contributed by atoms with Gasteiger partial charge in [-0.15, -0.1) is 0 Å². The molecule has 2 heterocycles. The van der Waals surface area contributed by atoms with Gasteiger partial charge in [0.15, 0.2) is 0 Å². The smallest absolute Gasteiger partial charge is 0.227 e. The van der Waals surface area contributed by atoms with Crippen LogP contribution in [0.3, 0.4) is 0 Å². The van der Waals surface area contributed by atoms with Gasteiger partial charge >= 0.3 is 0 Å². The Balaban J connectivity index is 1.63. The molecule has 0 spiro atoms. The molecule has 1 fully saturated rings. The first kappa shape index (κ1) is 15.6. The molecule has 122 valence electrons. The number of aromatic nitrogens is 3. The second-order valence-electron chi connectivity index (χ2n) is 5.84. The van der Waals surface area contributed by atoms with E-state index in [2.05, 4.69) is 10.1 Å². The second kappa shape index (κ2) is 6.85. The van der Waals surface area contributed by atoms with Crippen molar-refractivity contribution in [3.05, 3.63) is 48.1 Å². The maximum absolute atomic E-state index is 13.7. The van der Waals surface area contributed by atoms with Gasteiger partial charge in [0, 0.05) is 25.2 Å². The molecule has 1 aliphatic heterocycles. The zero-order valence-corrected chi connectivity index (χ0v) is 12.7. The van der Waals surface area contributed by atoms with Crippen molar-refractivity contribution >= 4 is 5.91 Å². The summed E-state index contributed by atoms with van der Waals surface area (Å²) >= 11 is 0. The van der Waals surface area contributed by atoms with E-state index in [0.717, 1.165) is 12.8 Å². The number of piperidine rings is 1. The summed E-state index contributed by atoms with van der Waals surface area (Å²) in [6.45, 7) is 1.90. The predicted molar refractivity (Wildman–Crippen MR) is 79.4 cm³/mol. The lowest BCUT2D eigenvalue weighted by molar-refractivity contribution is -0.132. The van der Waals surface area contributed by atoms with E-state index in [-0.39, 0.29) is 23.8 Å². The summed E-state index contributed by atoms with van der Waals surface area (Å²) < 4.78 is 29.1. The number of carbonyl (C=O) groups excluding carboxylic acids is 1. The monoisotopic (exact) mass is 320 g/mol. The van der Waals surface area contributed by atoms with Crippen LogP contribution in [0.2, 0.25) is 0 Å². The number of hydrogen-bond acceptors (Lipinski definition) is 3. The van der Waals surface area contributed by atoms with E-state index in [1.54, 1.807) is 15.9 Å². The minimum absolute atomic E-state index is 0.157. The maximum atomic E-state index is 13.7. The van der Waals surface area contributed by atoms with Crippen molar-refractivity contribution in [1.29, 1.82) is 0 Å². The normalized spacial score (nSPS) is 18.2. The number of nitrogens with zero attached hydrogens (tertiary/aromatic N) is 4. The number of likely N-dealkylation sites (tertiary alicyclic amines) is 1. The van der Waals surface area contributed by atoms with Crippen molar-refractivity contribution in [3.8, 4) is 0 Å². The van der Waals surface area contributed by atoms with E-state index in [0.29, 0.717) is 19.6 Å². The SMILES string of the molecule is O=C(Cc1c(F)cccc1F)N1CCCC(Cn2cncn2)C1. The molecule has 1 amide bonds. The zero-order chi connectivity index (χ0) is 16.2. The molecule has 1 saturated heterocycles. The summed E-state index contributed by atoms with van der Waals surface area (Å²) in [7, 11) is 0. The molecule has 1 aromatic heterocycles. The highest BCUT2D eigenvalue weighted by molar-refractivity contribution is 5.79. The lowest BCUT2D eigenvalue weighted by atomic mass is 9.97. The van der Waals surface area contributed by atoms with Crippen LogP contribution in [0, 0.1) is 17.6 Å². The van der Waals surface area contributed by atoms with Gasteiger partial charge in [-0.05, 0) is 30.9 Å². The molecule has 3 rings (SSSR count). The quantitative estimate of drug-likeness (QED) is 0.866. The van der Waals surface area contributed by atoms with Crippen molar-refractivity contribution in [2.24, 2.45) is 5.92 Å². The Morgan fingerprint density at radius 2 is 2.09 bits per heavy atom. The van der Waals surface area contributed by atoms with Crippen molar-refractivity contribution in [3.63, 3.8) is 0 Å². The van der Waals surface area contributed by atoms with Crippen LogP contribution in [0.25, 0.3) is 0 Å². The summed E-state index contributed by atoms with van der Waals surface area (Å²) in [5, 5.41) is 4.07. The molecule has 0 aliphatic carbocycles. The van der Waals surface area contributed by atoms with Crippen LogP contribution in [0.1, 0.15) is 18.4 Å².